The number of ether oxygens (including phenoxy) is 1. The highest BCUT2D eigenvalue weighted by Crippen LogP contribution is 2.36. The molecule has 2 amide bonds. The van der Waals surface area contributed by atoms with Crippen molar-refractivity contribution in [3.05, 3.63) is 59.8 Å². The van der Waals surface area contributed by atoms with Crippen LogP contribution >= 0.6 is 0 Å². The number of aromatic amines is 1. The second-order valence-electron chi connectivity index (χ2n) is 9.79. The summed E-state index contributed by atoms with van der Waals surface area (Å²) in [4.78, 5) is 33.1. The number of H-pyrrole nitrogens is 1. The second-order valence-corrected chi connectivity index (χ2v) is 9.79. The van der Waals surface area contributed by atoms with Gasteiger partial charge in [0.2, 0.25) is 0 Å². The summed E-state index contributed by atoms with van der Waals surface area (Å²) < 4.78 is 46.8. The van der Waals surface area contributed by atoms with Crippen molar-refractivity contribution < 1.29 is 27.5 Å². The smallest absolute Gasteiger partial charge is 0.435 e. The van der Waals surface area contributed by atoms with Crippen LogP contribution in [0.3, 0.4) is 0 Å². The molecule has 0 saturated heterocycles. The number of carbonyl (C=O) groups excluding carboxylic acids is 2. The van der Waals surface area contributed by atoms with Crippen molar-refractivity contribution in [3.63, 3.8) is 0 Å². The minimum absolute atomic E-state index is 0.137. The average molecular weight is 559 g/mol. The van der Waals surface area contributed by atoms with E-state index in [-0.39, 0.29) is 30.3 Å². The van der Waals surface area contributed by atoms with Crippen LogP contribution in [0.25, 0.3) is 16.9 Å². The Morgan fingerprint density at radius 1 is 1.10 bits per heavy atom. The van der Waals surface area contributed by atoms with E-state index in [9.17, 15) is 22.8 Å². The van der Waals surface area contributed by atoms with Crippen molar-refractivity contribution in [3.8, 4) is 11.3 Å². The zero-order chi connectivity index (χ0) is 29.1. The predicted octanol–water partition coefficient (Wildman–Crippen LogP) is 4.70. The fraction of sp³-hybridized carbons (Fsp3) is 0.346. The number of alkyl carbamates (subject to hydrolysis) is 1. The number of rotatable bonds is 8. The molecule has 1 aromatic carbocycles. The van der Waals surface area contributed by atoms with E-state index in [0.29, 0.717) is 29.1 Å². The minimum atomic E-state index is -4.63. The Labute approximate surface area is 227 Å². The highest BCUT2D eigenvalue weighted by atomic mass is 19.4. The molecule has 0 aliphatic heterocycles. The number of hydrogen-bond acceptors (Lipinski definition) is 7. The molecule has 0 saturated carbocycles. The van der Waals surface area contributed by atoms with Gasteiger partial charge >= 0.3 is 12.3 Å². The second kappa shape index (κ2) is 11.2. The van der Waals surface area contributed by atoms with Gasteiger partial charge in [-0.15, -0.1) is 0 Å². The SMILES string of the molecule is CCc1cc(Nc2nccn3c(-c4c[nH]nc4C(F)(F)F)cnc23)ccc1C(=O)NCCNC(=O)OC(C)(C)C. The molecule has 14 heteroatoms. The number of fused-ring (bicyclic) bond motifs is 1. The Kier molecular flexibility index (Phi) is 7.98. The third-order valence-electron chi connectivity index (χ3n) is 5.69. The van der Waals surface area contributed by atoms with Crippen LogP contribution in [0.1, 0.15) is 49.3 Å². The van der Waals surface area contributed by atoms with Crippen LogP contribution in [0.15, 0.2) is 43.0 Å². The lowest BCUT2D eigenvalue weighted by Crippen LogP contribution is -2.38. The Balaban J connectivity index is 1.47. The standard InChI is InChI=1S/C26H29F3N8O3/c1-5-15-12-16(6-7-17(15)23(38)31-8-9-32-24(39)40-25(2,3)4)35-21-22-33-14-19(37(22)11-10-30-21)18-13-34-36-20(18)26(27,28)29/h6-7,10-14H,5,8-9H2,1-4H3,(H,30,35)(H,31,38)(H,32,39)(H,34,36). The van der Waals surface area contributed by atoms with Crippen molar-refractivity contribution in [2.75, 3.05) is 18.4 Å². The maximum Gasteiger partial charge on any atom is 0.435 e. The number of amides is 2. The number of carbonyl (C=O) groups is 2. The molecule has 0 aliphatic rings. The van der Waals surface area contributed by atoms with Crippen molar-refractivity contribution in [1.29, 1.82) is 0 Å². The van der Waals surface area contributed by atoms with E-state index in [0.717, 1.165) is 5.56 Å². The number of alkyl halides is 3. The molecule has 3 aromatic heterocycles. The Bertz CT molecular complexity index is 1520. The molecule has 4 N–H and O–H groups in total. The highest BCUT2D eigenvalue weighted by Gasteiger charge is 2.37. The molecular weight excluding hydrogens is 529 g/mol. The summed E-state index contributed by atoms with van der Waals surface area (Å²) in [5.41, 5.74) is 0.560. The van der Waals surface area contributed by atoms with Gasteiger partial charge in [0.15, 0.2) is 17.2 Å². The van der Waals surface area contributed by atoms with Gasteiger partial charge in [-0.1, -0.05) is 6.92 Å². The van der Waals surface area contributed by atoms with Crippen LogP contribution in [-0.2, 0) is 17.3 Å². The third kappa shape index (κ3) is 6.50. The average Bonchev–Trinajstić information content (AvgIpc) is 3.53. The van der Waals surface area contributed by atoms with Gasteiger partial charge in [-0.2, -0.15) is 18.3 Å². The van der Waals surface area contributed by atoms with Crippen molar-refractivity contribution >= 4 is 29.2 Å². The first-order valence-corrected chi connectivity index (χ1v) is 12.5. The first-order chi connectivity index (χ1) is 18.9. The molecule has 0 spiro atoms. The molecule has 0 atom stereocenters. The molecular formula is C26H29F3N8O3. The number of aromatic nitrogens is 5. The zero-order valence-corrected chi connectivity index (χ0v) is 22.3. The van der Waals surface area contributed by atoms with Gasteiger partial charge in [0.25, 0.3) is 5.91 Å². The van der Waals surface area contributed by atoms with Crippen molar-refractivity contribution in [2.45, 2.75) is 45.9 Å². The van der Waals surface area contributed by atoms with E-state index < -0.39 is 23.6 Å². The number of aryl methyl sites for hydroxylation is 1. The number of nitrogens with zero attached hydrogens (tertiary/aromatic N) is 4. The third-order valence-corrected chi connectivity index (χ3v) is 5.69. The number of hydrogen-bond donors (Lipinski definition) is 4. The molecule has 0 aliphatic carbocycles. The monoisotopic (exact) mass is 558 g/mol. The number of nitrogens with one attached hydrogen (secondary N) is 4. The summed E-state index contributed by atoms with van der Waals surface area (Å²) >= 11 is 0. The van der Waals surface area contributed by atoms with E-state index in [2.05, 4.69) is 36.1 Å². The van der Waals surface area contributed by atoms with Gasteiger partial charge < -0.3 is 20.7 Å². The summed E-state index contributed by atoms with van der Waals surface area (Å²) in [6.45, 7) is 7.60. The van der Waals surface area contributed by atoms with Crippen LogP contribution in [0, 0.1) is 0 Å². The van der Waals surface area contributed by atoms with Gasteiger partial charge in [0.05, 0.1) is 17.5 Å². The first-order valence-electron chi connectivity index (χ1n) is 12.5. The van der Waals surface area contributed by atoms with Gasteiger partial charge in [0, 0.05) is 42.9 Å². The highest BCUT2D eigenvalue weighted by molar-refractivity contribution is 5.96. The Hall–Kier alpha value is -4.62. The summed E-state index contributed by atoms with van der Waals surface area (Å²) in [6.07, 6.45) is 0.813. The van der Waals surface area contributed by atoms with E-state index >= 15 is 0 Å². The molecule has 3 heterocycles. The van der Waals surface area contributed by atoms with Crippen molar-refractivity contribution in [1.82, 2.24) is 35.2 Å². The predicted molar refractivity (Wildman–Crippen MR) is 141 cm³/mol. The fourth-order valence-corrected chi connectivity index (χ4v) is 3.98. The van der Waals surface area contributed by atoms with Gasteiger partial charge in [-0.05, 0) is 51.0 Å². The van der Waals surface area contributed by atoms with Crippen LogP contribution in [0.4, 0.5) is 29.5 Å². The molecule has 212 valence electrons. The topological polar surface area (TPSA) is 138 Å². The molecule has 40 heavy (non-hydrogen) atoms. The Morgan fingerprint density at radius 3 is 2.55 bits per heavy atom. The molecule has 0 bridgehead atoms. The molecule has 0 fully saturated rings. The number of halogens is 3. The summed E-state index contributed by atoms with van der Waals surface area (Å²) in [6, 6.07) is 5.15. The largest absolute Gasteiger partial charge is 0.444 e. The minimum Gasteiger partial charge on any atom is -0.444 e. The van der Waals surface area contributed by atoms with Crippen molar-refractivity contribution in [2.24, 2.45) is 0 Å². The normalized spacial score (nSPS) is 11.9. The van der Waals surface area contributed by atoms with E-state index in [1.165, 1.54) is 29.2 Å². The summed E-state index contributed by atoms with van der Waals surface area (Å²) in [7, 11) is 0. The van der Waals surface area contributed by atoms with Crippen LogP contribution < -0.4 is 16.0 Å². The van der Waals surface area contributed by atoms with E-state index in [1.807, 2.05) is 6.92 Å². The van der Waals surface area contributed by atoms with E-state index in [4.69, 9.17) is 4.74 Å². The number of imidazole rings is 1. The maximum atomic E-state index is 13.4. The first kappa shape index (κ1) is 28.4. The molecule has 11 nitrogen and oxygen atoms in total. The quantitative estimate of drug-likeness (QED) is 0.230. The lowest BCUT2D eigenvalue weighted by molar-refractivity contribution is -0.140. The Morgan fingerprint density at radius 2 is 1.85 bits per heavy atom. The maximum absolute atomic E-state index is 13.4. The van der Waals surface area contributed by atoms with E-state index in [1.54, 1.807) is 39.0 Å². The van der Waals surface area contributed by atoms with Crippen LogP contribution in [0.5, 0.6) is 0 Å². The lowest BCUT2D eigenvalue weighted by atomic mass is 10.0. The number of anilines is 2. The van der Waals surface area contributed by atoms with Crippen LogP contribution in [0.2, 0.25) is 0 Å². The lowest BCUT2D eigenvalue weighted by Gasteiger charge is -2.19. The van der Waals surface area contributed by atoms with Crippen LogP contribution in [-0.4, -0.2) is 55.3 Å². The molecule has 4 aromatic rings. The summed E-state index contributed by atoms with van der Waals surface area (Å²) in [5.74, 6) is 0.0198. The molecule has 4 rings (SSSR count). The molecule has 0 unspecified atom stereocenters. The molecule has 0 radical (unpaired) electrons. The fourth-order valence-electron chi connectivity index (χ4n) is 3.98. The van der Waals surface area contributed by atoms with Gasteiger partial charge in [-0.25, -0.2) is 14.8 Å². The number of benzene rings is 1. The van der Waals surface area contributed by atoms with Gasteiger partial charge in [0.1, 0.15) is 5.60 Å². The zero-order valence-electron chi connectivity index (χ0n) is 22.3. The van der Waals surface area contributed by atoms with Gasteiger partial charge in [-0.3, -0.25) is 14.3 Å². The summed E-state index contributed by atoms with van der Waals surface area (Å²) in [5, 5.41) is 14.1.